The van der Waals surface area contributed by atoms with E-state index in [0.717, 1.165) is 0 Å². The fourth-order valence-electron chi connectivity index (χ4n) is 1.23. The van der Waals surface area contributed by atoms with Gasteiger partial charge in [0.2, 0.25) is 0 Å². The molecule has 0 bridgehead atoms. The Balaban J connectivity index is 2.49. The lowest BCUT2D eigenvalue weighted by Gasteiger charge is -2.00. The van der Waals surface area contributed by atoms with Crippen molar-refractivity contribution in [2.45, 2.75) is 0 Å². The fourth-order valence-corrected chi connectivity index (χ4v) is 1.23. The normalized spacial score (nSPS) is 10.1. The maximum absolute atomic E-state index is 12.8. The van der Waals surface area contributed by atoms with E-state index in [1.165, 1.54) is 24.3 Å². The van der Waals surface area contributed by atoms with E-state index in [1.807, 2.05) is 0 Å². The highest BCUT2D eigenvalue weighted by Crippen LogP contribution is 2.20. The summed E-state index contributed by atoms with van der Waals surface area (Å²) in [5.41, 5.74) is 1.27. The third kappa shape index (κ3) is 1.79. The van der Waals surface area contributed by atoms with Crippen LogP contribution in [0.5, 0.6) is 0 Å². The van der Waals surface area contributed by atoms with E-state index < -0.39 is 11.6 Å². The van der Waals surface area contributed by atoms with Gasteiger partial charge in [0.25, 0.3) is 0 Å². The van der Waals surface area contributed by atoms with Gasteiger partial charge in [-0.25, -0.2) is 8.78 Å². The summed E-state index contributed by atoms with van der Waals surface area (Å²) in [7, 11) is 0. The summed E-state index contributed by atoms with van der Waals surface area (Å²) in [6.07, 6.45) is 0. The summed E-state index contributed by atoms with van der Waals surface area (Å²) in [5.74, 6) is -0.897. The largest absolute Gasteiger partial charge is 0.206 e. The van der Waals surface area contributed by atoms with Crippen LogP contribution in [0.4, 0.5) is 8.78 Å². The van der Waals surface area contributed by atoms with Gasteiger partial charge in [0, 0.05) is 12.1 Å². The lowest BCUT2D eigenvalue weighted by Crippen LogP contribution is -1.81. The molecule has 0 N–H and O–H groups in total. The first-order chi connectivity index (χ1) is 6.75. The van der Waals surface area contributed by atoms with E-state index in [-0.39, 0.29) is 0 Å². The first-order valence-corrected chi connectivity index (χ1v) is 4.10. The van der Waals surface area contributed by atoms with Crippen molar-refractivity contribution in [2.24, 2.45) is 0 Å². The van der Waals surface area contributed by atoms with Crippen molar-refractivity contribution in [3.8, 4) is 11.1 Å². The van der Waals surface area contributed by atoms with Gasteiger partial charge in [-0.15, -0.1) is 0 Å². The van der Waals surface area contributed by atoms with Gasteiger partial charge in [0.05, 0.1) is 0 Å². The van der Waals surface area contributed by atoms with Crippen molar-refractivity contribution < 1.29 is 8.78 Å². The summed E-state index contributed by atoms with van der Waals surface area (Å²) < 4.78 is 25.6. The second-order valence-corrected chi connectivity index (χ2v) is 2.85. The first-order valence-electron chi connectivity index (χ1n) is 4.10. The molecule has 2 aromatic carbocycles. The molecule has 0 aromatic heterocycles. The lowest BCUT2D eigenvalue weighted by molar-refractivity contribution is 0.623. The molecule has 0 heterocycles. The summed E-state index contributed by atoms with van der Waals surface area (Å²) in [6.45, 7) is 0. The van der Waals surface area contributed by atoms with Crippen molar-refractivity contribution in [3.05, 3.63) is 60.2 Å². The first kappa shape index (κ1) is 8.88. The van der Waals surface area contributed by atoms with Gasteiger partial charge in [-0.1, -0.05) is 24.3 Å². The Morgan fingerprint density at radius 3 is 1.57 bits per heavy atom. The van der Waals surface area contributed by atoms with E-state index in [9.17, 15) is 8.78 Å². The van der Waals surface area contributed by atoms with Crippen LogP contribution in [-0.4, -0.2) is 0 Å². The van der Waals surface area contributed by atoms with E-state index in [0.29, 0.717) is 11.1 Å². The lowest BCUT2D eigenvalue weighted by atomic mass is 10.1. The highest BCUT2D eigenvalue weighted by Gasteiger charge is 2.00. The minimum Gasteiger partial charge on any atom is -0.206 e. The Hall–Kier alpha value is -1.70. The smallest absolute Gasteiger partial charge is 0.131 e. The number of halogens is 2. The summed E-state index contributed by atoms with van der Waals surface area (Å²) in [4.78, 5) is 0. The molecular formula is C12H6F2. The van der Waals surface area contributed by atoms with Crippen LogP contribution in [0, 0.1) is 23.8 Å². The zero-order valence-electron chi connectivity index (χ0n) is 7.22. The zero-order chi connectivity index (χ0) is 9.97. The van der Waals surface area contributed by atoms with Crippen LogP contribution in [0.2, 0.25) is 0 Å². The molecule has 0 amide bonds. The Bertz CT molecular complexity index is 406. The molecule has 2 rings (SSSR count). The minimum atomic E-state index is -0.448. The van der Waals surface area contributed by atoms with Crippen LogP contribution in [0.1, 0.15) is 0 Å². The van der Waals surface area contributed by atoms with Crippen molar-refractivity contribution in [3.63, 3.8) is 0 Å². The topological polar surface area (TPSA) is 0 Å². The highest BCUT2D eigenvalue weighted by atomic mass is 19.1. The molecule has 2 heteroatoms. The van der Waals surface area contributed by atoms with E-state index >= 15 is 0 Å². The van der Waals surface area contributed by atoms with Crippen LogP contribution < -0.4 is 0 Å². The van der Waals surface area contributed by atoms with E-state index in [4.69, 9.17) is 0 Å². The van der Waals surface area contributed by atoms with E-state index in [1.54, 1.807) is 12.1 Å². The number of benzene rings is 2. The van der Waals surface area contributed by atoms with Crippen LogP contribution in [0.15, 0.2) is 36.4 Å². The predicted molar refractivity (Wildman–Crippen MR) is 49.5 cm³/mol. The van der Waals surface area contributed by atoms with Gasteiger partial charge in [-0.05, 0) is 23.3 Å². The second kappa shape index (κ2) is 3.58. The van der Waals surface area contributed by atoms with Crippen molar-refractivity contribution in [2.75, 3.05) is 0 Å². The molecule has 0 aliphatic carbocycles. The summed E-state index contributed by atoms with van der Waals surface area (Å²) in [5, 5.41) is 0. The molecule has 0 aliphatic heterocycles. The highest BCUT2D eigenvalue weighted by molar-refractivity contribution is 5.62. The van der Waals surface area contributed by atoms with Crippen LogP contribution in [0.25, 0.3) is 11.1 Å². The summed E-state index contributed by atoms with van der Waals surface area (Å²) >= 11 is 0. The molecular weight excluding hydrogens is 182 g/mol. The van der Waals surface area contributed by atoms with E-state index in [2.05, 4.69) is 12.1 Å². The quantitative estimate of drug-likeness (QED) is 0.644. The fraction of sp³-hybridized carbons (Fsp3) is 0. The van der Waals surface area contributed by atoms with Crippen molar-refractivity contribution >= 4 is 0 Å². The van der Waals surface area contributed by atoms with Crippen LogP contribution in [-0.2, 0) is 0 Å². The van der Waals surface area contributed by atoms with Crippen LogP contribution in [0.3, 0.4) is 0 Å². The zero-order valence-corrected chi connectivity index (χ0v) is 7.22. The molecule has 14 heavy (non-hydrogen) atoms. The molecule has 0 fully saturated rings. The molecule has 2 radical (unpaired) electrons. The maximum Gasteiger partial charge on any atom is 0.131 e. The monoisotopic (exact) mass is 188 g/mol. The molecule has 0 nitrogen and oxygen atoms in total. The predicted octanol–water partition coefficient (Wildman–Crippen LogP) is 3.23. The van der Waals surface area contributed by atoms with Gasteiger partial charge in [0.15, 0.2) is 0 Å². The third-order valence-corrected chi connectivity index (χ3v) is 1.87. The van der Waals surface area contributed by atoms with Gasteiger partial charge in [-0.2, -0.15) is 0 Å². The molecule has 0 atom stereocenters. The van der Waals surface area contributed by atoms with Gasteiger partial charge in [-0.3, -0.25) is 0 Å². The Kier molecular flexibility index (Phi) is 2.27. The molecule has 0 unspecified atom stereocenters. The molecule has 0 saturated heterocycles. The summed E-state index contributed by atoms with van der Waals surface area (Å²) in [6, 6.07) is 13.7. The average Bonchev–Trinajstić information content (AvgIpc) is 2.18. The average molecular weight is 188 g/mol. The van der Waals surface area contributed by atoms with Crippen molar-refractivity contribution in [1.29, 1.82) is 0 Å². The maximum atomic E-state index is 12.8. The standard InChI is InChI=1S/C12H6F2/c13-11-5-1-3-9(7-11)10-4-2-6-12(14)8-10/h1-4,7-8H. The SMILES string of the molecule is Fc1[c]ccc(-c2cc[c]c(F)c2)c1. The molecule has 0 spiro atoms. The molecule has 0 aliphatic rings. The molecule has 68 valence electrons. The number of hydrogen-bond donors (Lipinski definition) is 0. The van der Waals surface area contributed by atoms with Gasteiger partial charge >= 0.3 is 0 Å². The Morgan fingerprint density at radius 2 is 1.21 bits per heavy atom. The Morgan fingerprint density at radius 1 is 0.786 bits per heavy atom. The van der Waals surface area contributed by atoms with Crippen LogP contribution >= 0.6 is 0 Å². The molecule has 2 aromatic rings. The van der Waals surface area contributed by atoms with Gasteiger partial charge in [0.1, 0.15) is 11.6 Å². The van der Waals surface area contributed by atoms with Gasteiger partial charge < -0.3 is 0 Å². The Labute approximate surface area is 80.8 Å². The third-order valence-electron chi connectivity index (χ3n) is 1.87. The minimum absolute atomic E-state index is 0.448. The number of rotatable bonds is 1. The van der Waals surface area contributed by atoms with Crippen molar-refractivity contribution in [1.82, 2.24) is 0 Å². The molecule has 0 saturated carbocycles. The number of hydrogen-bond acceptors (Lipinski definition) is 0. The second-order valence-electron chi connectivity index (χ2n) is 2.85.